The maximum Gasteiger partial charge on any atom is 0.319 e. The Kier molecular flexibility index (Phi) is 6.91. The van der Waals surface area contributed by atoms with E-state index in [4.69, 9.17) is 24.9 Å². The average Bonchev–Trinajstić information content (AvgIpc) is 3.64. The van der Waals surface area contributed by atoms with Gasteiger partial charge >= 0.3 is 5.97 Å². The molecule has 1 aliphatic rings. The molecule has 9 nitrogen and oxygen atoms in total. The minimum atomic E-state index is -1.55. The fourth-order valence-corrected chi connectivity index (χ4v) is 5.37. The number of hydrogen-bond donors (Lipinski definition) is 2. The number of aliphatic carboxylic acids is 1. The fourth-order valence-electron chi connectivity index (χ4n) is 5.37. The number of primary amides is 1. The number of methoxy groups -OCH3 is 3. The predicted molar refractivity (Wildman–Crippen MR) is 145 cm³/mol. The van der Waals surface area contributed by atoms with Crippen molar-refractivity contribution in [2.75, 3.05) is 21.3 Å². The van der Waals surface area contributed by atoms with E-state index in [1.165, 1.54) is 5.56 Å². The van der Waals surface area contributed by atoms with Gasteiger partial charge in [0.25, 0.3) is 0 Å². The molecule has 1 aliphatic carbocycles. The van der Waals surface area contributed by atoms with Crippen molar-refractivity contribution < 1.29 is 28.9 Å². The molecule has 0 radical (unpaired) electrons. The van der Waals surface area contributed by atoms with Crippen LogP contribution in [-0.2, 0) is 29.0 Å². The molecular weight excluding hydrogens is 498 g/mol. The maximum atomic E-state index is 12.0. The van der Waals surface area contributed by atoms with Crippen molar-refractivity contribution >= 4 is 22.9 Å². The van der Waals surface area contributed by atoms with Gasteiger partial charge in [-0.1, -0.05) is 36.4 Å². The number of fused-ring (bicyclic) bond motifs is 1. The average molecular weight is 530 g/mol. The summed E-state index contributed by atoms with van der Waals surface area (Å²) < 4.78 is 18.7. The summed E-state index contributed by atoms with van der Waals surface area (Å²) in [6, 6.07) is 19.7. The van der Waals surface area contributed by atoms with Gasteiger partial charge in [0.05, 0.1) is 32.4 Å². The van der Waals surface area contributed by atoms with Gasteiger partial charge in [0.1, 0.15) is 5.82 Å². The van der Waals surface area contributed by atoms with Crippen LogP contribution in [0.15, 0.2) is 60.7 Å². The lowest BCUT2D eigenvalue weighted by Crippen LogP contribution is -2.33. The van der Waals surface area contributed by atoms with Gasteiger partial charge in [-0.2, -0.15) is 0 Å². The van der Waals surface area contributed by atoms with Crippen LogP contribution in [0.25, 0.3) is 11.0 Å². The van der Waals surface area contributed by atoms with Crippen molar-refractivity contribution in [3.8, 4) is 17.2 Å². The van der Waals surface area contributed by atoms with Crippen LogP contribution in [0.1, 0.15) is 34.9 Å². The van der Waals surface area contributed by atoms with Crippen LogP contribution in [0.5, 0.6) is 17.2 Å². The number of carbonyl (C=O) groups is 2. The predicted octanol–water partition coefficient (Wildman–Crippen LogP) is 3.94. The van der Waals surface area contributed by atoms with Crippen molar-refractivity contribution in [1.82, 2.24) is 9.55 Å². The first-order valence-electron chi connectivity index (χ1n) is 12.7. The van der Waals surface area contributed by atoms with Crippen LogP contribution in [0, 0.1) is 5.41 Å². The minimum absolute atomic E-state index is 0.191. The Morgan fingerprint density at radius 1 is 0.974 bits per heavy atom. The summed E-state index contributed by atoms with van der Waals surface area (Å²) >= 11 is 0. The molecule has 1 saturated carbocycles. The van der Waals surface area contributed by atoms with Crippen LogP contribution >= 0.6 is 0 Å². The van der Waals surface area contributed by atoms with Gasteiger partial charge in [0, 0.05) is 18.9 Å². The zero-order valence-electron chi connectivity index (χ0n) is 22.1. The van der Waals surface area contributed by atoms with E-state index >= 15 is 0 Å². The molecule has 1 heterocycles. The van der Waals surface area contributed by atoms with E-state index in [0.717, 1.165) is 34.4 Å². The standard InChI is InChI=1S/C30H31N3O6/c1-37-24-13-19(14-25(38-2)27(24)39-3)17-33-23-11-10-20(21-16-30(21,28(31)34)29(35)36)15-22(23)32-26(33)12-9-18-7-5-4-6-8-18/h4-8,10-11,13-15,21H,9,12,16-17H2,1-3H3,(H2,31,34)(H,35,36). The Balaban J connectivity index is 1.55. The van der Waals surface area contributed by atoms with Gasteiger partial charge in [-0.05, 0) is 53.8 Å². The SMILES string of the molecule is COc1cc(Cn2c(CCc3ccccc3)nc3cc(C4CC4(C(N)=O)C(=O)O)ccc32)cc(OC)c1OC. The van der Waals surface area contributed by atoms with Crippen molar-refractivity contribution in [2.24, 2.45) is 11.1 Å². The van der Waals surface area contributed by atoms with Gasteiger partial charge in [0.15, 0.2) is 16.9 Å². The summed E-state index contributed by atoms with van der Waals surface area (Å²) in [6.45, 7) is 0.500. The van der Waals surface area contributed by atoms with Crippen LogP contribution in [0.3, 0.4) is 0 Å². The Morgan fingerprint density at radius 3 is 2.23 bits per heavy atom. The largest absolute Gasteiger partial charge is 0.493 e. The quantitative estimate of drug-likeness (QED) is 0.282. The van der Waals surface area contributed by atoms with Crippen LogP contribution in [-0.4, -0.2) is 47.9 Å². The van der Waals surface area contributed by atoms with E-state index in [0.29, 0.717) is 30.2 Å². The number of ether oxygens (including phenoxy) is 3. The molecule has 3 aromatic carbocycles. The van der Waals surface area contributed by atoms with Gasteiger partial charge in [-0.15, -0.1) is 0 Å². The molecular formula is C30H31N3O6. The second-order valence-electron chi connectivity index (χ2n) is 9.78. The number of aromatic nitrogens is 2. The number of amides is 1. The van der Waals surface area contributed by atoms with Crippen molar-refractivity contribution in [3.63, 3.8) is 0 Å². The zero-order chi connectivity index (χ0) is 27.7. The third kappa shape index (κ3) is 4.65. The highest BCUT2D eigenvalue weighted by atomic mass is 16.5. The van der Waals surface area contributed by atoms with Crippen molar-refractivity contribution in [3.05, 3.63) is 83.2 Å². The number of carbonyl (C=O) groups excluding carboxylic acids is 1. The van der Waals surface area contributed by atoms with Crippen LogP contribution < -0.4 is 19.9 Å². The van der Waals surface area contributed by atoms with Crippen molar-refractivity contribution in [1.29, 1.82) is 0 Å². The van der Waals surface area contributed by atoms with Gasteiger partial charge in [-0.3, -0.25) is 9.59 Å². The number of aryl methyl sites for hydroxylation is 2. The lowest BCUT2D eigenvalue weighted by Gasteiger charge is -2.16. The Labute approximate surface area is 226 Å². The summed E-state index contributed by atoms with van der Waals surface area (Å²) in [7, 11) is 4.74. The Morgan fingerprint density at radius 2 is 1.67 bits per heavy atom. The van der Waals surface area contributed by atoms with Gasteiger partial charge in [-0.25, -0.2) is 4.98 Å². The highest BCUT2D eigenvalue weighted by molar-refractivity contribution is 6.06. The second-order valence-corrected chi connectivity index (χ2v) is 9.78. The number of nitrogens with zero attached hydrogens (tertiary/aromatic N) is 2. The molecule has 0 saturated heterocycles. The van der Waals surface area contributed by atoms with E-state index in [1.807, 2.05) is 48.5 Å². The summed E-state index contributed by atoms with van der Waals surface area (Å²) in [6.07, 6.45) is 1.69. The lowest BCUT2D eigenvalue weighted by atomic mass is 9.98. The van der Waals surface area contributed by atoms with Crippen molar-refractivity contribution in [2.45, 2.75) is 31.7 Å². The molecule has 2 unspecified atom stereocenters. The van der Waals surface area contributed by atoms with E-state index < -0.39 is 23.2 Å². The third-order valence-corrected chi connectivity index (χ3v) is 7.58. The highest BCUT2D eigenvalue weighted by Gasteiger charge is 2.65. The lowest BCUT2D eigenvalue weighted by molar-refractivity contribution is -0.148. The summed E-state index contributed by atoms with van der Waals surface area (Å²) in [5, 5.41) is 9.68. The minimum Gasteiger partial charge on any atom is -0.493 e. The van der Waals surface area contributed by atoms with E-state index in [-0.39, 0.29) is 6.42 Å². The smallest absolute Gasteiger partial charge is 0.319 e. The Hall–Kier alpha value is -4.53. The number of benzene rings is 3. The van der Waals surface area contributed by atoms with Crippen LogP contribution in [0.2, 0.25) is 0 Å². The summed E-state index contributed by atoms with van der Waals surface area (Å²) in [4.78, 5) is 28.8. The summed E-state index contributed by atoms with van der Waals surface area (Å²) in [5.41, 5.74) is 8.45. The van der Waals surface area contributed by atoms with Gasteiger partial charge in [0.2, 0.25) is 11.7 Å². The number of imidazole rings is 1. The molecule has 1 aromatic heterocycles. The fraction of sp³-hybridized carbons (Fsp3) is 0.300. The highest BCUT2D eigenvalue weighted by Crippen LogP contribution is 2.59. The van der Waals surface area contributed by atoms with E-state index in [2.05, 4.69) is 16.7 Å². The molecule has 3 N–H and O–H groups in total. The number of nitrogens with two attached hydrogens (primary N) is 1. The maximum absolute atomic E-state index is 12.0. The van der Waals surface area contributed by atoms with Gasteiger partial charge < -0.3 is 29.6 Å². The van der Waals surface area contributed by atoms with E-state index in [1.54, 1.807) is 21.3 Å². The first-order chi connectivity index (χ1) is 18.8. The first kappa shape index (κ1) is 26.1. The molecule has 2 atom stereocenters. The molecule has 1 amide bonds. The molecule has 202 valence electrons. The number of carboxylic acids is 1. The summed E-state index contributed by atoms with van der Waals surface area (Å²) in [5.74, 6) is 0.0752. The first-order valence-corrected chi connectivity index (χ1v) is 12.7. The zero-order valence-corrected chi connectivity index (χ0v) is 22.1. The number of carboxylic acid groups (broad SMARTS) is 1. The topological polar surface area (TPSA) is 126 Å². The molecule has 9 heteroatoms. The second kappa shape index (κ2) is 10.3. The number of rotatable bonds is 11. The molecule has 0 bridgehead atoms. The number of hydrogen-bond acceptors (Lipinski definition) is 6. The molecule has 1 fully saturated rings. The molecule has 4 aromatic rings. The van der Waals surface area contributed by atoms with E-state index in [9.17, 15) is 14.7 Å². The molecule has 39 heavy (non-hydrogen) atoms. The molecule has 0 spiro atoms. The Bertz CT molecular complexity index is 1510. The van der Waals surface area contributed by atoms with Crippen LogP contribution in [0.4, 0.5) is 0 Å². The monoisotopic (exact) mass is 529 g/mol. The molecule has 0 aliphatic heterocycles. The third-order valence-electron chi connectivity index (χ3n) is 7.58. The normalized spacial score (nSPS) is 18.1. The molecule has 5 rings (SSSR count).